The first kappa shape index (κ1) is 16.2. The predicted molar refractivity (Wildman–Crippen MR) is 67.8 cm³/mol. The van der Waals surface area contributed by atoms with Crippen molar-refractivity contribution in [2.45, 2.75) is 26.0 Å². The van der Waals surface area contributed by atoms with Gasteiger partial charge in [0.25, 0.3) is 0 Å². The summed E-state index contributed by atoms with van der Waals surface area (Å²) in [5.41, 5.74) is 6.41. The summed E-state index contributed by atoms with van der Waals surface area (Å²) in [5.74, 6) is -0.371. The quantitative estimate of drug-likeness (QED) is 0.779. The number of carbonyl (C=O) groups excluding carboxylic acids is 1. The molecule has 2 N–H and O–H groups in total. The van der Waals surface area contributed by atoms with E-state index < -0.39 is 18.6 Å². The number of nitrogens with two attached hydrogens (primary N) is 1. The molecule has 1 aromatic rings. The van der Waals surface area contributed by atoms with Crippen LogP contribution in [0, 0.1) is 0 Å². The number of hydrogen-bond acceptors (Lipinski definition) is 5. The minimum Gasteiger partial charge on any atom is -0.490 e. The lowest BCUT2D eigenvalue weighted by atomic mass is 10.0. The van der Waals surface area contributed by atoms with E-state index in [0.717, 1.165) is 0 Å². The predicted octanol–water partition coefficient (Wildman–Crippen LogP) is 2.25. The standard InChI is InChI=1S/C13H17F2NO4/c1-3-19-11-6-8(9(16)7-12(17)18-2)4-5-10(11)20-13(14)15/h4-6,9,13H,3,7,16H2,1-2H3/t9-/m1/s1. The highest BCUT2D eigenvalue weighted by Gasteiger charge is 2.16. The summed E-state index contributed by atoms with van der Waals surface area (Å²) in [6.45, 7) is -0.938. The molecule has 0 aliphatic heterocycles. The van der Waals surface area contributed by atoms with Crippen molar-refractivity contribution in [3.8, 4) is 11.5 Å². The maximum atomic E-state index is 12.3. The van der Waals surface area contributed by atoms with Crippen molar-refractivity contribution in [1.29, 1.82) is 0 Å². The monoisotopic (exact) mass is 289 g/mol. The summed E-state index contributed by atoms with van der Waals surface area (Å²) in [5, 5.41) is 0. The minimum atomic E-state index is -2.94. The fraction of sp³-hybridized carbons (Fsp3) is 0.462. The van der Waals surface area contributed by atoms with Crippen LogP contribution in [0.25, 0.3) is 0 Å². The highest BCUT2D eigenvalue weighted by molar-refractivity contribution is 5.70. The molecule has 0 spiro atoms. The molecule has 1 atom stereocenters. The molecule has 0 fully saturated rings. The Labute approximate surface area is 115 Å². The highest BCUT2D eigenvalue weighted by Crippen LogP contribution is 2.32. The Kier molecular flexibility index (Phi) is 6.17. The molecule has 112 valence electrons. The number of hydrogen-bond donors (Lipinski definition) is 1. The minimum absolute atomic E-state index is 0.0167. The molecule has 0 aliphatic rings. The average Bonchev–Trinajstić information content (AvgIpc) is 2.40. The Hall–Kier alpha value is -1.89. The van der Waals surface area contributed by atoms with Gasteiger partial charge in [-0.25, -0.2) is 0 Å². The molecule has 0 saturated heterocycles. The SMILES string of the molecule is CCOc1cc([C@H](N)CC(=O)OC)ccc1OC(F)F. The zero-order valence-electron chi connectivity index (χ0n) is 11.3. The fourth-order valence-corrected chi connectivity index (χ4v) is 1.60. The first-order chi connectivity index (χ1) is 9.47. The second-order valence-corrected chi connectivity index (χ2v) is 3.90. The molecule has 0 radical (unpaired) electrons. The molecule has 1 aromatic carbocycles. The lowest BCUT2D eigenvalue weighted by molar-refractivity contribution is -0.141. The molecule has 20 heavy (non-hydrogen) atoms. The number of esters is 1. The summed E-state index contributed by atoms with van der Waals surface area (Å²) >= 11 is 0. The number of carbonyl (C=O) groups is 1. The van der Waals surface area contributed by atoms with Gasteiger partial charge in [0, 0.05) is 6.04 Å². The number of methoxy groups -OCH3 is 1. The number of rotatable bonds is 7. The Morgan fingerprint density at radius 1 is 1.35 bits per heavy atom. The van der Waals surface area contributed by atoms with E-state index in [1.807, 2.05) is 0 Å². The van der Waals surface area contributed by atoms with Gasteiger partial charge in [-0.15, -0.1) is 0 Å². The molecule has 0 aromatic heterocycles. The van der Waals surface area contributed by atoms with E-state index in [9.17, 15) is 13.6 Å². The van der Waals surface area contributed by atoms with Crippen molar-refractivity contribution in [2.75, 3.05) is 13.7 Å². The number of halogens is 2. The van der Waals surface area contributed by atoms with Crippen LogP contribution in [0.15, 0.2) is 18.2 Å². The summed E-state index contributed by atoms with van der Waals surface area (Å²) in [7, 11) is 1.26. The van der Waals surface area contributed by atoms with Crippen molar-refractivity contribution < 1.29 is 27.8 Å². The normalized spacial score (nSPS) is 12.1. The van der Waals surface area contributed by atoms with Crippen molar-refractivity contribution in [2.24, 2.45) is 5.73 Å². The summed E-state index contributed by atoms with van der Waals surface area (Å²) in [6.07, 6.45) is -0.0167. The summed E-state index contributed by atoms with van der Waals surface area (Å²) < 4.78 is 38.6. The van der Waals surface area contributed by atoms with Crippen LogP contribution < -0.4 is 15.2 Å². The zero-order valence-corrected chi connectivity index (χ0v) is 11.3. The van der Waals surface area contributed by atoms with E-state index in [2.05, 4.69) is 9.47 Å². The average molecular weight is 289 g/mol. The number of alkyl halides is 2. The fourth-order valence-electron chi connectivity index (χ4n) is 1.60. The Morgan fingerprint density at radius 2 is 2.05 bits per heavy atom. The van der Waals surface area contributed by atoms with Gasteiger partial charge in [-0.2, -0.15) is 8.78 Å². The Morgan fingerprint density at radius 3 is 2.60 bits per heavy atom. The van der Waals surface area contributed by atoms with Crippen molar-refractivity contribution >= 4 is 5.97 Å². The number of benzene rings is 1. The van der Waals surface area contributed by atoms with Gasteiger partial charge in [0.05, 0.1) is 20.1 Å². The molecule has 0 amide bonds. The lowest BCUT2D eigenvalue weighted by Gasteiger charge is -2.15. The molecule has 5 nitrogen and oxygen atoms in total. The largest absolute Gasteiger partial charge is 0.490 e. The van der Waals surface area contributed by atoms with Crippen LogP contribution in [-0.2, 0) is 9.53 Å². The molecule has 0 heterocycles. The van der Waals surface area contributed by atoms with E-state index in [0.29, 0.717) is 5.56 Å². The van der Waals surface area contributed by atoms with E-state index >= 15 is 0 Å². The first-order valence-corrected chi connectivity index (χ1v) is 6.01. The van der Waals surface area contributed by atoms with Crippen molar-refractivity contribution in [3.63, 3.8) is 0 Å². The van der Waals surface area contributed by atoms with E-state index in [4.69, 9.17) is 10.5 Å². The second-order valence-electron chi connectivity index (χ2n) is 3.90. The molecule has 0 aliphatic carbocycles. The van der Waals surface area contributed by atoms with Crippen LogP contribution in [0.3, 0.4) is 0 Å². The van der Waals surface area contributed by atoms with Gasteiger partial charge in [-0.3, -0.25) is 4.79 Å². The molecular weight excluding hydrogens is 272 g/mol. The zero-order chi connectivity index (χ0) is 15.1. The van der Waals surface area contributed by atoms with Crippen LogP contribution in [0.5, 0.6) is 11.5 Å². The van der Waals surface area contributed by atoms with E-state index in [1.165, 1.54) is 25.3 Å². The van der Waals surface area contributed by atoms with Crippen LogP contribution >= 0.6 is 0 Å². The van der Waals surface area contributed by atoms with E-state index in [1.54, 1.807) is 6.92 Å². The summed E-state index contributed by atoms with van der Waals surface area (Å²) in [6, 6.07) is 3.72. The van der Waals surface area contributed by atoms with Gasteiger partial charge in [0.1, 0.15) is 0 Å². The van der Waals surface area contributed by atoms with Gasteiger partial charge in [-0.1, -0.05) is 6.07 Å². The molecular formula is C13H17F2NO4. The highest BCUT2D eigenvalue weighted by atomic mass is 19.3. The van der Waals surface area contributed by atoms with Gasteiger partial charge < -0.3 is 19.9 Å². The lowest BCUT2D eigenvalue weighted by Crippen LogP contribution is -2.16. The van der Waals surface area contributed by atoms with Gasteiger partial charge in [-0.05, 0) is 24.6 Å². The third-order valence-electron chi connectivity index (χ3n) is 2.53. The van der Waals surface area contributed by atoms with Crippen molar-refractivity contribution in [1.82, 2.24) is 0 Å². The third-order valence-corrected chi connectivity index (χ3v) is 2.53. The van der Waals surface area contributed by atoms with Gasteiger partial charge in [0.2, 0.25) is 0 Å². The smallest absolute Gasteiger partial charge is 0.387 e. The first-order valence-electron chi connectivity index (χ1n) is 6.01. The van der Waals surface area contributed by atoms with Gasteiger partial charge in [0.15, 0.2) is 11.5 Å². The molecule has 0 bridgehead atoms. The van der Waals surface area contributed by atoms with E-state index in [-0.39, 0.29) is 24.5 Å². The molecule has 0 saturated carbocycles. The third kappa shape index (κ3) is 4.65. The van der Waals surface area contributed by atoms with Crippen molar-refractivity contribution in [3.05, 3.63) is 23.8 Å². The van der Waals surface area contributed by atoms with Gasteiger partial charge >= 0.3 is 12.6 Å². The Bertz CT molecular complexity index is 454. The topological polar surface area (TPSA) is 70.8 Å². The van der Waals surface area contributed by atoms with Crippen LogP contribution in [0.4, 0.5) is 8.78 Å². The maximum absolute atomic E-state index is 12.3. The maximum Gasteiger partial charge on any atom is 0.387 e. The molecule has 0 unspecified atom stereocenters. The summed E-state index contributed by atoms with van der Waals surface area (Å²) in [4.78, 5) is 11.2. The molecule has 7 heteroatoms. The van der Waals surface area contributed by atoms with Crippen LogP contribution in [0.2, 0.25) is 0 Å². The van der Waals surface area contributed by atoms with Crippen LogP contribution in [-0.4, -0.2) is 26.3 Å². The number of ether oxygens (including phenoxy) is 3. The molecule has 1 rings (SSSR count). The second kappa shape index (κ2) is 7.64. The van der Waals surface area contributed by atoms with Crippen LogP contribution in [0.1, 0.15) is 24.9 Å². The Balaban J connectivity index is 2.93.